The van der Waals surface area contributed by atoms with E-state index in [4.69, 9.17) is 10.3 Å². The molecule has 0 atom stereocenters. The van der Waals surface area contributed by atoms with E-state index in [9.17, 15) is 0 Å². The van der Waals surface area contributed by atoms with Crippen LogP contribution >= 0.6 is 11.3 Å². The normalized spacial score (nSPS) is 27.6. The van der Waals surface area contributed by atoms with E-state index < -0.39 is 5.54 Å². The number of aromatic nitrogens is 3. The summed E-state index contributed by atoms with van der Waals surface area (Å²) in [5.41, 5.74) is 8.51. The van der Waals surface area contributed by atoms with Crippen LogP contribution in [-0.4, -0.2) is 15.1 Å². The number of rotatable bonds is 3. The standard InChI is InChI=1S/C13H18N4OS/c1-2-9-3-5-13(14,6-4-9)12-16-11(17-18-12)10-7-19-8-15-10/h7-9H,2-6,14H2,1H3. The average Bonchev–Trinajstić information content (AvgIpc) is 3.10. The molecule has 2 aromatic heterocycles. The van der Waals surface area contributed by atoms with Crippen LogP contribution in [0, 0.1) is 5.92 Å². The molecule has 0 amide bonds. The molecule has 1 aliphatic carbocycles. The Balaban J connectivity index is 1.79. The van der Waals surface area contributed by atoms with Gasteiger partial charge in [0, 0.05) is 5.38 Å². The first-order valence-corrected chi connectivity index (χ1v) is 7.67. The van der Waals surface area contributed by atoms with E-state index in [-0.39, 0.29) is 0 Å². The van der Waals surface area contributed by atoms with Gasteiger partial charge in [-0.2, -0.15) is 4.98 Å². The highest BCUT2D eigenvalue weighted by Crippen LogP contribution is 2.38. The molecule has 2 heterocycles. The summed E-state index contributed by atoms with van der Waals surface area (Å²) in [6, 6.07) is 0. The summed E-state index contributed by atoms with van der Waals surface area (Å²) < 4.78 is 5.38. The minimum absolute atomic E-state index is 0.451. The molecule has 0 aliphatic heterocycles. The molecule has 0 unspecified atom stereocenters. The summed E-state index contributed by atoms with van der Waals surface area (Å²) in [5, 5.41) is 5.90. The van der Waals surface area contributed by atoms with Gasteiger partial charge < -0.3 is 10.3 Å². The van der Waals surface area contributed by atoms with E-state index in [2.05, 4.69) is 22.0 Å². The predicted octanol–water partition coefficient (Wildman–Crippen LogP) is 2.95. The number of hydrogen-bond acceptors (Lipinski definition) is 6. The van der Waals surface area contributed by atoms with Crippen LogP contribution in [0.3, 0.4) is 0 Å². The molecule has 0 bridgehead atoms. The van der Waals surface area contributed by atoms with Gasteiger partial charge in [0.05, 0.1) is 11.0 Å². The van der Waals surface area contributed by atoms with Crippen molar-refractivity contribution in [3.8, 4) is 11.5 Å². The third-order valence-corrected chi connectivity index (χ3v) is 4.67. The summed E-state index contributed by atoms with van der Waals surface area (Å²) in [4.78, 5) is 8.63. The predicted molar refractivity (Wildman–Crippen MR) is 73.5 cm³/mol. The smallest absolute Gasteiger partial charge is 0.247 e. The highest BCUT2D eigenvalue weighted by Gasteiger charge is 2.37. The van der Waals surface area contributed by atoms with Gasteiger partial charge in [0.2, 0.25) is 11.7 Å². The van der Waals surface area contributed by atoms with E-state index in [0.29, 0.717) is 11.7 Å². The summed E-state index contributed by atoms with van der Waals surface area (Å²) in [6.45, 7) is 2.24. The Morgan fingerprint density at radius 1 is 1.47 bits per heavy atom. The maximum Gasteiger partial charge on any atom is 0.247 e. The molecule has 1 fully saturated rings. The minimum Gasteiger partial charge on any atom is -0.337 e. The van der Waals surface area contributed by atoms with Gasteiger partial charge >= 0.3 is 0 Å². The molecule has 0 radical (unpaired) electrons. The van der Waals surface area contributed by atoms with E-state index in [1.807, 2.05) is 5.38 Å². The maximum absolute atomic E-state index is 6.45. The molecule has 3 rings (SSSR count). The Kier molecular flexibility index (Phi) is 3.36. The molecule has 1 aliphatic rings. The van der Waals surface area contributed by atoms with Crippen LogP contribution in [0.25, 0.3) is 11.5 Å². The molecule has 2 aromatic rings. The van der Waals surface area contributed by atoms with Gasteiger partial charge in [-0.1, -0.05) is 18.5 Å². The molecule has 0 spiro atoms. The van der Waals surface area contributed by atoms with E-state index in [1.165, 1.54) is 17.8 Å². The molecule has 102 valence electrons. The molecule has 0 saturated heterocycles. The monoisotopic (exact) mass is 278 g/mol. The van der Waals surface area contributed by atoms with Crippen LogP contribution in [0.4, 0.5) is 0 Å². The average molecular weight is 278 g/mol. The lowest BCUT2D eigenvalue weighted by molar-refractivity contribution is 0.181. The van der Waals surface area contributed by atoms with E-state index in [1.54, 1.807) is 5.51 Å². The first-order valence-electron chi connectivity index (χ1n) is 6.73. The van der Waals surface area contributed by atoms with Crippen LogP contribution in [0.15, 0.2) is 15.4 Å². The first-order chi connectivity index (χ1) is 9.21. The third-order valence-electron chi connectivity index (χ3n) is 4.09. The number of thiazole rings is 1. The van der Waals surface area contributed by atoms with Crippen molar-refractivity contribution in [2.24, 2.45) is 11.7 Å². The molecule has 2 N–H and O–H groups in total. The number of nitrogens with two attached hydrogens (primary N) is 1. The van der Waals surface area contributed by atoms with Crippen molar-refractivity contribution in [2.75, 3.05) is 0 Å². The van der Waals surface area contributed by atoms with Crippen molar-refractivity contribution >= 4 is 11.3 Å². The van der Waals surface area contributed by atoms with Crippen LogP contribution in [-0.2, 0) is 5.54 Å². The van der Waals surface area contributed by atoms with Crippen molar-refractivity contribution in [2.45, 2.75) is 44.6 Å². The fraction of sp³-hybridized carbons (Fsp3) is 0.615. The molecular weight excluding hydrogens is 260 g/mol. The zero-order chi connectivity index (χ0) is 13.3. The molecule has 0 aromatic carbocycles. The van der Waals surface area contributed by atoms with Crippen molar-refractivity contribution in [1.29, 1.82) is 0 Å². The minimum atomic E-state index is -0.451. The van der Waals surface area contributed by atoms with Gasteiger partial charge in [0.25, 0.3) is 0 Å². The van der Waals surface area contributed by atoms with Crippen LogP contribution in [0.2, 0.25) is 0 Å². The first kappa shape index (κ1) is 12.7. The Labute approximate surface area is 116 Å². The van der Waals surface area contributed by atoms with Crippen molar-refractivity contribution in [3.05, 3.63) is 16.8 Å². The van der Waals surface area contributed by atoms with Crippen molar-refractivity contribution < 1.29 is 4.52 Å². The molecule has 6 heteroatoms. The van der Waals surface area contributed by atoms with E-state index >= 15 is 0 Å². The lowest BCUT2D eigenvalue weighted by atomic mass is 9.76. The largest absolute Gasteiger partial charge is 0.337 e. The highest BCUT2D eigenvalue weighted by atomic mass is 32.1. The zero-order valence-corrected chi connectivity index (χ0v) is 11.8. The lowest BCUT2D eigenvalue weighted by Gasteiger charge is -2.33. The molecule has 5 nitrogen and oxygen atoms in total. The second kappa shape index (κ2) is 5.02. The Morgan fingerprint density at radius 3 is 2.89 bits per heavy atom. The SMILES string of the molecule is CCC1CCC(N)(c2nc(-c3cscn3)no2)CC1. The Hall–Kier alpha value is -1.27. The topological polar surface area (TPSA) is 77.8 Å². The highest BCUT2D eigenvalue weighted by molar-refractivity contribution is 7.07. The molecule has 19 heavy (non-hydrogen) atoms. The summed E-state index contributed by atoms with van der Waals surface area (Å²) >= 11 is 1.52. The fourth-order valence-corrected chi connectivity index (χ4v) is 3.20. The Bertz CT molecular complexity index is 529. The lowest BCUT2D eigenvalue weighted by Crippen LogP contribution is -2.40. The van der Waals surface area contributed by atoms with Gasteiger partial charge in [0.15, 0.2) is 0 Å². The number of hydrogen-bond donors (Lipinski definition) is 1. The van der Waals surface area contributed by atoms with Gasteiger partial charge in [0.1, 0.15) is 5.69 Å². The molecular formula is C13H18N4OS. The van der Waals surface area contributed by atoms with Gasteiger partial charge in [-0.25, -0.2) is 4.98 Å². The maximum atomic E-state index is 6.45. The Morgan fingerprint density at radius 2 is 2.26 bits per heavy atom. The van der Waals surface area contributed by atoms with E-state index in [0.717, 1.165) is 37.3 Å². The van der Waals surface area contributed by atoms with Gasteiger partial charge in [-0.05, 0) is 31.6 Å². The quantitative estimate of drug-likeness (QED) is 0.934. The van der Waals surface area contributed by atoms with Gasteiger partial charge in [-0.3, -0.25) is 0 Å². The van der Waals surface area contributed by atoms with Crippen LogP contribution in [0.5, 0.6) is 0 Å². The molecule has 1 saturated carbocycles. The van der Waals surface area contributed by atoms with Crippen LogP contribution in [0.1, 0.15) is 44.9 Å². The number of nitrogens with zero attached hydrogens (tertiary/aromatic N) is 3. The second-order valence-electron chi connectivity index (χ2n) is 5.30. The van der Waals surface area contributed by atoms with Crippen LogP contribution < -0.4 is 5.73 Å². The third kappa shape index (κ3) is 2.42. The van der Waals surface area contributed by atoms with Gasteiger partial charge in [-0.15, -0.1) is 11.3 Å². The fourth-order valence-electron chi connectivity index (χ4n) is 2.67. The summed E-state index contributed by atoms with van der Waals surface area (Å²) in [5.74, 6) is 1.89. The van der Waals surface area contributed by atoms with Crippen molar-refractivity contribution in [3.63, 3.8) is 0 Å². The van der Waals surface area contributed by atoms with Crippen molar-refractivity contribution in [1.82, 2.24) is 15.1 Å². The zero-order valence-electron chi connectivity index (χ0n) is 11.0. The summed E-state index contributed by atoms with van der Waals surface area (Å²) in [7, 11) is 0. The summed E-state index contributed by atoms with van der Waals surface area (Å²) in [6.07, 6.45) is 5.35. The second-order valence-corrected chi connectivity index (χ2v) is 6.02.